The molecule has 9 heteroatoms. The Bertz CT molecular complexity index is 1110. The molecule has 0 saturated heterocycles. The molecule has 156 valence electrons. The lowest BCUT2D eigenvalue weighted by molar-refractivity contribution is 0.0601. The molecule has 1 aromatic carbocycles. The molecule has 2 heterocycles. The molecule has 0 aliphatic carbocycles. The Morgan fingerprint density at radius 3 is 2.53 bits per heavy atom. The molecule has 3 rings (SSSR count). The van der Waals surface area contributed by atoms with E-state index in [1.54, 1.807) is 13.0 Å². The van der Waals surface area contributed by atoms with E-state index in [-0.39, 0.29) is 27.8 Å². The van der Waals surface area contributed by atoms with Crippen LogP contribution in [-0.2, 0) is 11.3 Å². The molecule has 0 radical (unpaired) electrons. The Morgan fingerprint density at radius 2 is 1.87 bits per heavy atom. The van der Waals surface area contributed by atoms with Gasteiger partial charge in [-0.3, -0.25) is 9.59 Å². The zero-order valence-electron chi connectivity index (χ0n) is 16.6. The molecule has 0 bridgehead atoms. The first-order valence-electron chi connectivity index (χ1n) is 8.91. The predicted octanol–water partition coefficient (Wildman–Crippen LogP) is 3.67. The summed E-state index contributed by atoms with van der Waals surface area (Å²) in [6.07, 6.45) is 0. The minimum Gasteiger partial charge on any atom is -0.485 e. The van der Waals surface area contributed by atoms with Gasteiger partial charge in [-0.15, -0.1) is 11.3 Å². The van der Waals surface area contributed by atoms with E-state index in [0.29, 0.717) is 11.3 Å². The number of ether oxygens (including phenoxy) is 2. The van der Waals surface area contributed by atoms with Crippen LogP contribution in [0.5, 0.6) is 5.75 Å². The predicted molar refractivity (Wildman–Crippen MR) is 111 cm³/mol. The largest absolute Gasteiger partial charge is 0.485 e. The van der Waals surface area contributed by atoms with Crippen LogP contribution in [0.1, 0.15) is 47.5 Å². The molecular weight excluding hydrogens is 408 g/mol. The van der Waals surface area contributed by atoms with Crippen molar-refractivity contribution in [2.75, 3.05) is 12.4 Å². The lowest BCUT2D eigenvalue weighted by atomic mass is 10.1. The lowest BCUT2D eigenvalue weighted by Crippen LogP contribution is -2.14. The fourth-order valence-electron chi connectivity index (χ4n) is 2.79. The van der Waals surface area contributed by atoms with Crippen molar-refractivity contribution in [2.45, 2.75) is 20.5 Å². The molecular formula is C21H20N2O6S. The number of primary amides is 1. The monoisotopic (exact) mass is 428 g/mol. The molecule has 0 spiro atoms. The van der Waals surface area contributed by atoms with Crippen molar-refractivity contribution in [3.05, 3.63) is 69.5 Å². The molecule has 0 unspecified atom stereocenters. The maximum absolute atomic E-state index is 12.6. The minimum absolute atomic E-state index is 0.0286. The lowest BCUT2D eigenvalue weighted by Gasteiger charge is -2.07. The number of esters is 1. The van der Waals surface area contributed by atoms with Gasteiger partial charge in [-0.05, 0) is 43.2 Å². The summed E-state index contributed by atoms with van der Waals surface area (Å²) in [5, 5.41) is 2.75. The van der Waals surface area contributed by atoms with Gasteiger partial charge in [0.1, 0.15) is 23.1 Å². The average molecular weight is 428 g/mol. The number of rotatable bonds is 7. The average Bonchev–Trinajstić information content (AvgIpc) is 3.31. The summed E-state index contributed by atoms with van der Waals surface area (Å²) in [7, 11) is 1.21. The number of para-hydroxylation sites is 1. The highest BCUT2D eigenvalue weighted by Crippen LogP contribution is 2.34. The zero-order valence-corrected chi connectivity index (χ0v) is 17.4. The van der Waals surface area contributed by atoms with Gasteiger partial charge in [-0.1, -0.05) is 18.2 Å². The number of benzene rings is 1. The highest BCUT2D eigenvalue weighted by Gasteiger charge is 2.26. The summed E-state index contributed by atoms with van der Waals surface area (Å²) in [6, 6.07) is 10.7. The number of hydrogen-bond acceptors (Lipinski definition) is 7. The first-order valence-corrected chi connectivity index (χ1v) is 9.73. The minimum atomic E-state index is -0.697. The van der Waals surface area contributed by atoms with Crippen molar-refractivity contribution >= 4 is 34.1 Å². The van der Waals surface area contributed by atoms with E-state index in [0.717, 1.165) is 22.6 Å². The van der Waals surface area contributed by atoms with Gasteiger partial charge in [0.15, 0.2) is 5.76 Å². The van der Waals surface area contributed by atoms with Crippen molar-refractivity contribution in [1.29, 1.82) is 0 Å². The van der Waals surface area contributed by atoms with Gasteiger partial charge in [0.05, 0.1) is 17.6 Å². The van der Waals surface area contributed by atoms with Crippen LogP contribution >= 0.6 is 11.3 Å². The zero-order chi connectivity index (χ0) is 21.8. The van der Waals surface area contributed by atoms with Crippen molar-refractivity contribution in [3.8, 4) is 5.75 Å². The molecule has 0 saturated carbocycles. The topological polar surface area (TPSA) is 121 Å². The number of amides is 2. The van der Waals surface area contributed by atoms with E-state index in [9.17, 15) is 14.4 Å². The van der Waals surface area contributed by atoms with E-state index in [1.165, 1.54) is 13.2 Å². The molecule has 0 fully saturated rings. The number of hydrogen-bond donors (Lipinski definition) is 2. The highest BCUT2D eigenvalue weighted by atomic mass is 32.1. The van der Waals surface area contributed by atoms with Crippen LogP contribution in [0.3, 0.4) is 0 Å². The smallest absolute Gasteiger partial charge is 0.341 e. The first kappa shape index (κ1) is 21.1. The Balaban J connectivity index is 1.76. The molecule has 0 aliphatic heterocycles. The van der Waals surface area contributed by atoms with Gasteiger partial charge < -0.3 is 24.9 Å². The van der Waals surface area contributed by atoms with Crippen LogP contribution in [-0.4, -0.2) is 24.9 Å². The summed E-state index contributed by atoms with van der Waals surface area (Å²) < 4.78 is 16.0. The van der Waals surface area contributed by atoms with Crippen LogP contribution in [0.4, 0.5) is 5.00 Å². The SMILES string of the molecule is COC(=O)c1c(NC(=O)c2ccc(COc3ccccc3C)o2)sc(C(N)=O)c1C. The summed E-state index contributed by atoms with van der Waals surface area (Å²) in [4.78, 5) is 36.5. The summed E-state index contributed by atoms with van der Waals surface area (Å²) >= 11 is 0.903. The van der Waals surface area contributed by atoms with Crippen LogP contribution in [0.15, 0.2) is 40.8 Å². The van der Waals surface area contributed by atoms with Crippen LogP contribution < -0.4 is 15.8 Å². The summed E-state index contributed by atoms with van der Waals surface area (Å²) in [5.41, 5.74) is 6.76. The molecule has 8 nitrogen and oxygen atoms in total. The molecule has 3 N–H and O–H groups in total. The van der Waals surface area contributed by atoms with E-state index in [1.807, 2.05) is 31.2 Å². The summed E-state index contributed by atoms with van der Waals surface area (Å²) in [6.45, 7) is 3.64. The van der Waals surface area contributed by atoms with Crippen molar-refractivity contribution in [2.24, 2.45) is 5.73 Å². The van der Waals surface area contributed by atoms with Crippen molar-refractivity contribution in [3.63, 3.8) is 0 Å². The molecule has 0 aliphatic rings. The van der Waals surface area contributed by atoms with E-state index >= 15 is 0 Å². The van der Waals surface area contributed by atoms with Crippen LogP contribution in [0, 0.1) is 13.8 Å². The van der Waals surface area contributed by atoms with Crippen LogP contribution in [0.2, 0.25) is 0 Å². The van der Waals surface area contributed by atoms with Gasteiger partial charge in [0.2, 0.25) is 0 Å². The number of nitrogens with two attached hydrogens (primary N) is 1. The number of furan rings is 1. The number of aryl methyl sites for hydroxylation is 1. The second kappa shape index (κ2) is 8.83. The third kappa shape index (κ3) is 4.36. The van der Waals surface area contributed by atoms with Crippen molar-refractivity contribution in [1.82, 2.24) is 0 Å². The quantitative estimate of drug-likeness (QED) is 0.554. The maximum atomic E-state index is 12.6. The van der Waals surface area contributed by atoms with Gasteiger partial charge in [-0.25, -0.2) is 4.79 Å². The first-order chi connectivity index (χ1) is 14.3. The van der Waals surface area contributed by atoms with Crippen molar-refractivity contribution < 1.29 is 28.3 Å². The van der Waals surface area contributed by atoms with Gasteiger partial charge in [0.25, 0.3) is 11.8 Å². The second-order valence-electron chi connectivity index (χ2n) is 6.39. The third-order valence-electron chi connectivity index (χ3n) is 4.34. The Labute approximate surface area is 176 Å². The molecule has 3 aromatic rings. The fourth-order valence-corrected chi connectivity index (χ4v) is 3.84. The van der Waals surface area contributed by atoms with Gasteiger partial charge >= 0.3 is 5.97 Å². The van der Waals surface area contributed by atoms with E-state index < -0.39 is 17.8 Å². The number of thiophene rings is 1. The number of carbonyl (C=O) groups excluding carboxylic acids is 3. The number of methoxy groups -OCH3 is 1. The Morgan fingerprint density at radius 1 is 1.13 bits per heavy atom. The standard InChI is InChI=1S/C21H20N2O6S/c1-11-6-4-5-7-14(11)28-10-13-8-9-15(29-13)19(25)23-20-16(21(26)27-3)12(2)17(30-20)18(22)24/h4-9H,10H2,1-3H3,(H2,22,24)(H,23,25). The molecule has 2 aromatic heterocycles. The molecule has 30 heavy (non-hydrogen) atoms. The molecule has 0 atom stereocenters. The van der Waals surface area contributed by atoms with Crippen LogP contribution in [0.25, 0.3) is 0 Å². The normalized spacial score (nSPS) is 10.5. The summed E-state index contributed by atoms with van der Waals surface area (Å²) in [5.74, 6) is -0.761. The highest BCUT2D eigenvalue weighted by molar-refractivity contribution is 7.18. The Kier molecular flexibility index (Phi) is 6.22. The van der Waals surface area contributed by atoms with E-state index in [2.05, 4.69) is 5.32 Å². The van der Waals surface area contributed by atoms with Gasteiger partial charge in [0, 0.05) is 0 Å². The molecule has 2 amide bonds. The fraction of sp³-hybridized carbons (Fsp3) is 0.190. The number of carbonyl (C=O) groups is 3. The second-order valence-corrected chi connectivity index (χ2v) is 7.41. The maximum Gasteiger partial charge on any atom is 0.341 e. The number of anilines is 1. The number of nitrogens with one attached hydrogen (secondary N) is 1. The Hall–Kier alpha value is -3.59. The van der Waals surface area contributed by atoms with E-state index in [4.69, 9.17) is 19.6 Å². The third-order valence-corrected chi connectivity index (χ3v) is 5.56. The van der Waals surface area contributed by atoms with Gasteiger partial charge in [-0.2, -0.15) is 0 Å².